The summed E-state index contributed by atoms with van der Waals surface area (Å²) in [6.07, 6.45) is 0. The fraction of sp³-hybridized carbons (Fsp3) is 0.190. The molecule has 6 heteroatoms. The van der Waals surface area contributed by atoms with Crippen LogP contribution in [0.1, 0.15) is 0 Å². The zero-order valence-electron chi connectivity index (χ0n) is 14.9. The molecule has 0 aliphatic rings. The number of anilines is 1. The normalized spacial score (nSPS) is 10.7. The van der Waals surface area contributed by atoms with Gasteiger partial charge in [-0.25, -0.2) is 0 Å². The van der Waals surface area contributed by atoms with Gasteiger partial charge in [-0.2, -0.15) is 0 Å². The van der Waals surface area contributed by atoms with Crippen molar-refractivity contribution in [3.8, 4) is 5.75 Å². The lowest BCUT2D eigenvalue weighted by Crippen LogP contribution is -2.15. The molecule has 3 rings (SSSR count). The summed E-state index contributed by atoms with van der Waals surface area (Å²) in [6.45, 7) is 0.797. The lowest BCUT2D eigenvalue weighted by atomic mass is 10.1. The second kappa shape index (κ2) is 9.65. The van der Waals surface area contributed by atoms with E-state index < -0.39 is 0 Å². The number of fused-ring (bicyclic) bond motifs is 1. The number of rotatable bonds is 8. The van der Waals surface area contributed by atoms with Crippen molar-refractivity contribution in [2.75, 3.05) is 31.4 Å². The van der Waals surface area contributed by atoms with Gasteiger partial charge in [0, 0.05) is 12.0 Å². The minimum atomic E-state index is -0.119. The molecule has 140 valence electrons. The van der Waals surface area contributed by atoms with Crippen molar-refractivity contribution >= 4 is 45.7 Å². The first-order valence-corrected chi connectivity index (χ1v) is 9.85. The van der Waals surface area contributed by atoms with E-state index in [0.29, 0.717) is 35.4 Å². The first-order chi connectivity index (χ1) is 13.2. The van der Waals surface area contributed by atoms with Crippen molar-refractivity contribution in [3.63, 3.8) is 0 Å². The monoisotopic (exact) mass is 401 g/mol. The largest absolute Gasteiger partial charge is 0.487 e. The van der Waals surface area contributed by atoms with Crippen LogP contribution in [0.2, 0.25) is 5.02 Å². The van der Waals surface area contributed by atoms with E-state index in [9.17, 15) is 4.79 Å². The maximum atomic E-state index is 12.4. The number of hydrogen-bond acceptors (Lipinski definition) is 4. The fourth-order valence-electron chi connectivity index (χ4n) is 2.57. The molecule has 1 N–H and O–H groups in total. The van der Waals surface area contributed by atoms with E-state index in [-0.39, 0.29) is 5.91 Å². The molecule has 0 atom stereocenters. The van der Waals surface area contributed by atoms with Gasteiger partial charge in [-0.1, -0.05) is 48.0 Å². The molecule has 0 aliphatic heterocycles. The zero-order valence-corrected chi connectivity index (χ0v) is 16.5. The van der Waals surface area contributed by atoms with Gasteiger partial charge < -0.3 is 14.8 Å². The van der Waals surface area contributed by atoms with Gasteiger partial charge in [-0.05, 0) is 35.0 Å². The smallest absolute Gasteiger partial charge is 0.234 e. The summed E-state index contributed by atoms with van der Waals surface area (Å²) in [7, 11) is 1.60. The summed E-state index contributed by atoms with van der Waals surface area (Å²) in [5.41, 5.74) is 0.558. The van der Waals surface area contributed by atoms with Gasteiger partial charge in [-0.3, -0.25) is 4.79 Å². The molecule has 1 amide bonds. The number of benzene rings is 3. The van der Waals surface area contributed by atoms with E-state index in [1.54, 1.807) is 25.3 Å². The number of para-hydroxylation sites is 1. The van der Waals surface area contributed by atoms with Crippen LogP contribution in [0.3, 0.4) is 0 Å². The predicted octanol–water partition coefficient (Wildman–Crippen LogP) is 5.25. The van der Waals surface area contributed by atoms with Crippen LogP contribution in [-0.2, 0) is 9.53 Å². The molecule has 3 aromatic rings. The third-order valence-corrected chi connectivity index (χ3v) is 5.16. The van der Waals surface area contributed by atoms with Crippen LogP contribution < -0.4 is 10.1 Å². The third kappa shape index (κ3) is 5.39. The van der Waals surface area contributed by atoms with E-state index in [0.717, 1.165) is 10.3 Å². The topological polar surface area (TPSA) is 47.6 Å². The Labute approximate surface area is 167 Å². The van der Waals surface area contributed by atoms with E-state index >= 15 is 0 Å². The highest BCUT2D eigenvalue weighted by molar-refractivity contribution is 8.00. The van der Waals surface area contributed by atoms with Crippen molar-refractivity contribution < 1.29 is 14.3 Å². The van der Waals surface area contributed by atoms with Gasteiger partial charge in [0.2, 0.25) is 5.91 Å². The van der Waals surface area contributed by atoms with Crippen molar-refractivity contribution in [1.29, 1.82) is 0 Å². The van der Waals surface area contributed by atoms with E-state index in [1.807, 2.05) is 18.2 Å². The summed E-state index contributed by atoms with van der Waals surface area (Å²) >= 11 is 7.69. The second-order valence-electron chi connectivity index (χ2n) is 5.80. The van der Waals surface area contributed by atoms with Crippen molar-refractivity contribution in [2.45, 2.75) is 4.90 Å². The number of thioether (sulfide) groups is 1. The SMILES string of the molecule is COCCOc1c(Cl)cccc1NC(=O)CSc1ccc2ccccc2c1. The Kier molecular flexibility index (Phi) is 6.98. The Morgan fingerprint density at radius 3 is 2.67 bits per heavy atom. The van der Waals surface area contributed by atoms with E-state index in [4.69, 9.17) is 21.1 Å². The summed E-state index contributed by atoms with van der Waals surface area (Å²) in [5.74, 6) is 0.634. The highest BCUT2D eigenvalue weighted by Gasteiger charge is 2.12. The molecule has 3 aromatic carbocycles. The Hall–Kier alpha value is -2.21. The number of nitrogens with one attached hydrogen (secondary N) is 1. The van der Waals surface area contributed by atoms with Crippen LogP contribution in [0.15, 0.2) is 65.6 Å². The van der Waals surface area contributed by atoms with Crippen LogP contribution in [0.4, 0.5) is 5.69 Å². The molecular weight excluding hydrogens is 382 g/mol. The molecule has 0 radical (unpaired) electrons. The number of halogens is 1. The molecular formula is C21H20ClNO3S. The van der Waals surface area contributed by atoms with Gasteiger partial charge >= 0.3 is 0 Å². The second-order valence-corrected chi connectivity index (χ2v) is 7.26. The molecule has 0 saturated carbocycles. The van der Waals surface area contributed by atoms with Gasteiger partial charge in [0.05, 0.1) is 23.1 Å². The van der Waals surface area contributed by atoms with Crippen molar-refractivity contribution in [1.82, 2.24) is 0 Å². The molecule has 0 bridgehead atoms. The Morgan fingerprint density at radius 2 is 1.85 bits per heavy atom. The molecule has 0 aromatic heterocycles. The summed E-state index contributed by atoms with van der Waals surface area (Å²) in [4.78, 5) is 13.4. The fourth-order valence-corrected chi connectivity index (χ4v) is 3.55. The summed E-state index contributed by atoms with van der Waals surface area (Å²) in [5, 5.41) is 5.67. The van der Waals surface area contributed by atoms with Crippen LogP contribution in [0, 0.1) is 0 Å². The number of amides is 1. The lowest BCUT2D eigenvalue weighted by Gasteiger charge is -2.13. The van der Waals surface area contributed by atoms with E-state index in [2.05, 4.69) is 29.6 Å². The average Bonchev–Trinajstić information content (AvgIpc) is 2.68. The van der Waals surface area contributed by atoms with Crippen LogP contribution in [0.25, 0.3) is 10.8 Å². The first-order valence-electron chi connectivity index (χ1n) is 8.49. The van der Waals surface area contributed by atoms with Crippen LogP contribution >= 0.6 is 23.4 Å². The lowest BCUT2D eigenvalue weighted by molar-refractivity contribution is -0.113. The summed E-state index contributed by atoms with van der Waals surface area (Å²) in [6, 6.07) is 19.6. The zero-order chi connectivity index (χ0) is 19.1. The Morgan fingerprint density at radius 1 is 1.04 bits per heavy atom. The van der Waals surface area contributed by atoms with Gasteiger partial charge in [0.15, 0.2) is 5.75 Å². The Balaban J connectivity index is 1.62. The number of carbonyl (C=O) groups is 1. The Bertz CT molecular complexity index is 932. The number of carbonyl (C=O) groups excluding carboxylic acids is 1. The standard InChI is InChI=1S/C21H20ClNO3S/c1-25-11-12-26-21-18(22)7-4-8-19(21)23-20(24)14-27-17-10-9-15-5-2-3-6-16(15)13-17/h2-10,13H,11-12,14H2,1H3,(H,23,24). The van der Waals surface area contributed by atoms with Gasteiger partial charge in [-0.15, -0.1) is 11.8 Å². The minimum absolute atomic E-state index is 0.119. The molecule has 27 heavy (non-hydrogen) atoms. The predicted molar refractivity (Wildman–Crippen MR) is 112 cm³/mol. The number of ether oxygens (including phenoxy) is 2. The minimum Gasteiger partial charge on any atom is -0.487 e. The maximum absolute atomic E-state index is 12.4. The molecule has 0 unspecified atom stereocenters. The molecule has 0 heterocycles. The average molecular weight is 402 g/mol. The van der Waals surface area contributed by atoms with Gasteiger partial charge in [0.1, 0.15) is 6.61 Å². The highest BCUT2D eigenvalue weighted by atomic mass is 35.5. The molecule has 0 aliphatic carbocycles. The maximum Gasteiger partial charge on any atom is 0.234 e. The first kappa shape index (κ1) is 19.5. The van der Waals surface area contributed by atoms with Crippen LogP contribution in [0.5, 0.6) is 5.75 Å². The third-order valence-electron chi connectivity index (χ3n) is 3.87. The van der Waals surface area contributed by atoms with E-state index in [1.165, 1.54) is 17.1 Å². The van der Waals surface area contributed by atoms with Crippen LogP contribution in [-0.4, -0.2) is 32.0 Å². The van der Waals surface area contributed by atoms with Crippen molar-refractivity contribution in [3.05, 3.63) is 65.7 Å². The molecule has 0 saturated heterocycles. The molecule has 0 spiro atoms. The summed E-state index contributed by atoms with van der Waals surface area (Å²) < 4.78 is 10.6. The number of methoxy groups -OCH3 is 1. The highest BCUT2D eigenvalue weighted by Crippen LogP contribution is 2.33. The number of hydrogen-bond donors (Lipinski definition) is 1. The quantitative estimate of drug-likeness (QED) is 0.413. The molecule has 4 nitrogen and oxygen atoms in total. The van der Waals surface area contributed by atoms with Gasteiger partial charge in [0.25, 0.3) is 0 Å². The molecule has 0 fully saturated rings. The van der Waals surface area contributed by atoms with Crippen molar-refractivity contribution in [2.24, 2.45) is 0 Å².